The molecule has 102 valence electrons. The number of ether oxygens (including phenoxy) is 1. The van der Waals surface area contributed by atoms with Crippen molar-refractivity contribution in [3.05, 3.63) is 0 Å². The Morgan fingerprint density at radius 3 is 2.65 bits per heavy atom. The Morgan fingerprint density at radius 2 is 2.00 bits per heavy atom. The molecule has 1 N–H and O–H groups in total. The number of hydrogen-bond acceptors (Lipinski definition) is 2. The molecular weight excluding hydrogens is 212 g/mol. The Bertz CT molecular complexity index is 193. The molecule has 4 unspecified atom stereocenters. The van der Waals surface area contributed by atoms with Crippen LogP contribution in [0.1, 0.15) is 65.7 Å². The quantitative estimate of drug-likeness (QED) is 0.736. The molecule has 0 amide bonds. The van der Waals surface area contributed by atoms with Gasteiger partial charge in [0.2, 0.25) is 0 Å². The van der Waals surface area contributed by atoms with Gasteiger partial charge >= 0.3 is 0 Å². The van der Waals surface area contributed by atoms with Gasteiger partial charge in [-0.05, 0) is 37.5 Å². The molecule has 1 fully saturated rings. The smallest absolute Gasteiger partial charge is 0.0836 e. The summed E-state index contributed by atoms with van der Waals surface area (Å²) in [5.74, 6) is 1.40. The van der Waals surface area contributed by atoms with E-state index in [-0.39, 0.29) is 12.2 Å². The summed E-state index contributed by atoms with van der Waals surface area (Å²) in [5.41, 5.74) is 0. The molecule has 0 spiro atoms. The second-order valence-electron chi connectivity index (χ2n) is 5.80. The average Bonchev–Trinajstić information content (AvgIpc) is 2.30. The van der Waals surface area contributed by atoms with Gasteiger partial charge in [0.05, 0.1) is 12.2 Å². The van der Waals surface area contributed by atoms with Crippen molar-refractivity contribution < 1.29 is 9.84 Å². The highest BCUT2D eigenvalue weighted by Crippen LogP contribution is 2.30. The van der Waals surface area contributed by atoms with Crippen LogP contribution in [-0.2, 0) is 4.74 Å². The van der Waals surface area contributed by atoms with Gasteiger partial charge in [0.15, 0.2) is 0 Å². The van der Waals surface area contributed by atoms with Crippen LogP contribution in [0.4, 0.5) is 0 Å². The lowest BCUT2D eigenvalue weighted by Crippen LogP contribution is -2.36. The van der Waals surface area contributed by atoms with Gasteiger partial charge in [-0.15, -0.1) is 0 Å². The molecule has 0 aromatic rings. The molecule has 1 aliphatic carbocycles. The number of rotatable bonds is 7. The molecule has 4 atom stereocenters. The minimum absolute atomic E-state index is 0.0969. The molecule has 2 nitrogen and oxygen atoms in total. The molecule has 0 saturated heterocycles. The highest BCUT2D eigenvalue weighted by Gasteiger charge is 2.29. The van der Waals surface area contributed by atoms with Crippen molar-refractivity contribution in [3.8, 4) is 0 Å². The second-order valence-corrected chi connectivity index (χ2v) is 5.80. The zero-order valence-electron chi connectivity index (χ0n) is 11.8. The standard InChI is InChI=1S/C15H30O2/c1-4-6-12(3)11-17-15-10-13(7-5-2)8-9-14(15)16/h12-16H,4-11H2,1-3H3. The van der Waals surface area contributed by atoms with Gasteiger partial charge in [0.25, 0.3) is 0 Å². The molecule has 17 heavy (non-hydrogen) atoms. The van der Waals surface area contributed by atoms with E-state index in [4.69, 9.17) is 4.74 Å². The van der Waals surface area contributed by atoms with Crippen molar-refractivity contribution in [1.29, 1.82) is 0 Å². The predicted molar refractivity (Wildman–Crippen MR) is 72.1 cm³/mol. The number of hydrogen-bond donors (Lipinski definition) is 1. The fourth-order valence-corrected chi connectivity index (χ4v) is 2.91. The summed E-state index contributed by atoms with van der Waals surface area (Å²) in [6.45, 7) is 7.50. The molecule has 0 radical (unpaired) electrons. The van der Waals surface area contributed by atoms with Crippen LogP contribution in [0.15, 0.2) is 0 Å². The van der Waals surface area contributed by atoms with Crippen molar-refractivity contribution in [2.45, 2.75) is 77.9 Å². The summed E-state index contributed by atoms with van der Waals surface area (Å²) < 4.78 is 5.94. The maximum Gasteiger partial charge on any atom is 0.0836 e. The van der Waals surface area contributed by atoms with E-state index in [1.54, 1.807) is 0 Å². The predicted octanol–water partition coefficient (Wildman–Crippen LogP) is 3.77. The highest BCUT2D eigenvalue weighted by molar-refractivity contribution is 4.80. The molecule has 1 rings (SSSR count). The van der Waals surface area contributed by atoms with E-state index in [9.17, 15) is 5.11 Å². The molecule has 0 aromatic heterocycles. The summed E-state index contributed by atoms with van der Waals surface area (Å²) in [7, 11) is 0. The van der Waals surface area contributed by atoms with E-state index >= 15 is 0 Å². The molecule has 0 bridgehead atoms. The van der Waals surface area contributed by atoms with Crippen LogP contribution >= 0.6 is 0 Å². The van der Waals surface area contributed by atoms with E-state index in [1.807, 2.05) is 0 Å². The summed E-state index contributed by atoms with van der Waals surface area (Å²) in [5, 5.41) is 9.97. The second kappa shape index (κ2) is 8.10. The molecule has 2 heteroatoms. The molecule has 0 aliphatic heterocycles. The summed E-state index contributed by atoms with van der Waals surface area (Å²) in [6, 6.07) is 0. The summed E-state index contributed by atoms with van der Waals surface area (Å²) >= 11 is 0. The van der Waals surface area contributed by atoms with Crippen molar-refractivity contribution in [2.24, 2.45) is 11.8 Å². The minimum atomic E-state index is -0.225. The van der Waals surface area contributed by atoms with Gasteiger partial charge in [-0.3, -0.25) is 0 Å². The van der Waals surface area contributed by atoms with Crippen LogP contribution in [0.3, 0.4) is 0 Å². The van der Waals surface area contributed by atoms with E-state index in [0.717, 1.165) is 25.4 Å². The van der Waals surface area contributed by atoms with E-state index in [0.29, 0.717) is 5.92 Å². The Labute approximate surface area is 107 Å². The first-order valence-corrected chi connectivity index (χ1v) is 7.47. The van der Waals surface area contributed by atoms with Crippen molar-refractivity contribution in [3.63, 3.8) is 0 Å². The lowest BCUT2D eigenvalue weighted by molar-refractivity contribution is -0.0807. The summed E-state index contributed by atoms with van der Waals surface area (Å²) in [6.07, 6.45) is 8.02. The van der Waals surface area contributed by atoms with Crippen LogP contribution in [0.5, 0.6) is 0 Å². The number of aliphatic hydroxyl groups excluding tert-OH is 1. The molecule has 0 heterocycles. The van der Waals surface area contributed by atoms with E-state index < -0.39 is 0 Å². The fourth-order valence-electron chi connectivity index (χ4n) is 2.91. The van der Waals surface area contributed by atoms with Gasteiger partial charge in [-0.1, -0.05) is 40.0 Å². The maximum atomic E-state index is 9.97. The van der Waals surface area contributed by atoms with Gasteiger partial charge in [0, 0.05) is 6.61 Å². The average molecular weight is 242 g/mol. The first kappa shape index (κ1) is 15.0. The molecule has 1 saturated carbocycles. The third kappa shape index (κ3) is 5.39. The topological polar surface area (TPSA) is 29.5 Å². The van der Waals surface area contributed by atoms with Crippen molar-refractivity contribution >= 4 is 0 Å². The van der Waals surface area contributed by atoms with Crippen molar-refractivity contribution in [1.82, 2.24) is 0 Å². The third-order valence-electron chi connectivity index (χ3n) is 3.94. The largest absolute Gasteiger partial charge is 0.390 e. The van der Waals surface area contributed by atoms with Gasteiger partial charge in [-0.25, -0.2) is 0 Å². The Hall–Kier alpha value is -0.0800. The SMILES string of the molecule is CCCC(C)COC1CC(CCC)CCC1O. The minimum Gasteiger partial charge on any atom is -0.390 e. The van der Waals surface area contributed by atoms with Crippen LogP contribution in [-0.4, -0.2) is 23.9 Å². The Kier molecular flexibility index (Phi) is 7.14. The molecular formula is C15H30O2. The number of aliphatic hydroxyl groups is 1. The molecule has 1 aliphatic rings. The normalized spacial score (nSPS) is 31.4. The first-order valence-electron chi connectivity index (χ1n) is 7.47. The Morgan fingerprint density at radius 1 is 1.24 bits per heavy atom. The zero-order valence-corrected chi connectivity index (χ0v) is 11.8. The van der Waals surface area contributed by atoms with Gasteiger partial charge < -0.3 is 9.84 Å². The maximum absolute atomic E-state index is 9.97. The zero-order chi connectivity index (χ0) is 12.7. The van der Waals surface area contributed by atoms with Crippen molar-refractivity contribution in [2.75, 3.05) is 6.61 Å². The third-order valence-corrected chi connectivity index (χ3v) is 3.94. The lowest BCUT2D eigenvalue weighted by Gasteiger charge is -2.33. The van der Waals surface area contributed by atoms with Crippen LogP contribution in [0.25, 0.3) is 0 Å². The first-order chi connectivity index (χ1) is 8.17. The van der Waals surface area contributed by atoms with Crippen LogP contribution in [0.2, 0.25) is 0 Å². The van der Waals surface area contributed by atoms with E-state index in [2.05, 4.69) is 20.8 Å². The van der Waals surface area contributed by atoms with Gasteiger partial charge in [-0.2, -0.15) is 0 Å². The van der Waals surface area contributed by atoms with Crippen LogP contribution < -0.4 is 0 Å². The van der Waals surface area contributed by atoms with Crippen LogP contribution in [0, 0.1) is 11.8 Å². The highest BCUT2D eigenvalue weighted by atomic mass is 16.5. The summed E-state index contributed by atoms with van der Waals surface area (Å²) in [4.78, 5) is 0. The monoisotopic (exact) mass is 242 g/mol. The van der Waals surface area contributed by atoms with Gasteiger partial charge in [0.1, 0.15) is 0 Å². The lowest BCUT2D eigenvalue weighted by atomic mass is 9.83. The molecule has 0 aromatic carbocycles. The fraction of sp³-hybridized carbons (Fsp3) is 1.00. The Balaban J connectivity index is 2.29. The van der Waals surface area contributed by atoms with E-state index in [1.165, 1.54) is 32.1 Å².